The molecule has 0 amide bonds. The van der Waals surface area contributed by atoms with Crippen LogP contribution in [0.3, 0.4) is 0 Å². The minimum Gasteiger partial charge on any atom is -0.0599 e. The van der Waals surface area contributed by atoms with E-state index >= 15 is 0 Å². The van der Waals surface area contributed by atoms with Gasteiger partial charge in [0.1, 0.15) is 0 Å². The smallest absolute Gasteiger partial charge is 0.0332 e. The van der Waals surface area contributed by atoms with Gasteiger partial charge in [-0.3, -0.25) is 0 Å². The monoisotopic (exact) mass is 126 g/mol. The van der Waals surface area contributed by atoms with Crippen LogP contribution >= 0.6 is 0 Å². The molecule has 9 heavy (non-hydrogen) atoms. The van der Waals surface area contributed by atoms with E-state index in [2.05, 4.69) is 34.1 Å². The van der Waals surface area contributed by atoms with Crippen LogP contribution in [0.2, 0.25) is 0 Å². The maximum absolute atomic E-state index is 3.79. The van der Waals surface area contributed by atoms with E-state index in [4.69, 9.17) is 0 Å². The molecular formula is C9H18. The highest BCUT2D eigenvalue weighted by Crippen LogP contribution is 2.20. The molecule has 0 aliphatic rings. The molecule has 0 saturated carbocycles. The van der Waals surface area contributed by atoms with Crippen molar-refractivity contribution in [1.82, 2.24) is 0 Å². The second-order valence-electron chi connectivity index (χ2n) is 3.57. The van der Waals surface area contributed by atoms with Crippen molar-refractivity contribution in [2.24, 2.45) is 5.41 Å². The van der Waals surface area contributed by atoms with Gasteiger partial charge in [-0.2, -0.15) is 0 Å². The lowest BCUT2D eigenvalue weighted by atomic mass is 9.90. The van der Waals surface area contributed by atoms with E-state index in [0.717, 1.165) is 6.42 Å². The van der Waals surface area contributed by atoms with Crippen molar-refractivity contribution in [2.75, 3.05) is 0 Å². The molecule has 0 atom stereocenters. The van der Waals surface area contributed by atoms with Gasteiger partial charge in [0.05, 0.1) is 0 Å². The van der Waals surface area contributed by atoms with Crippen LogP contribution in [0.1, 0.15) is 40.0 Å². The summed E-state index contributed by atoms with van der Waals surface area (Å²) >= 11 is 0. The first-order valence-corrected chi connectivity index (χ1v) is 3.70. The molecule has 0 aliphatic carbocycles. The molecule has 0 heteroatoms. The molecule has 0 saturated heterocycles. The zero-order valence-corrected chi connectivity index (χ0v) is 6.91. The largest absolute Gasteiger partial charge is 0.0599 e. The summed E-state index contributed by atoms with van der Waals surface area (Å²) in [7, 11) is 0. The van der Waals surface area contributed by atoms with Crippen molar-refractivity contribution < 1.29 is 0 Å². The second-order valence-corrected chi connectivity index (χ2v) is 3.57. The Bertz CT molecular complexity index is 56.9. The predicted molar refractivity (Wildman–Crippen MR) is 43.0 cm³/mol. The molecule has 0 aromatic heterocycles. The first-order chi connectivity index (χ1) is 4.06. The quantitative estimate of drug-likeness (QED) is 0.509. The average molecular weight is 126 g/mol. The number of unbranched alkanes of at least 4 members (excludes halogenated alkanes) is 2. The summed E-state index contributed by atoms with van der Waals surface area (Å²) in [5, 5.41) is 0. The molecule has 0 aromatic rings. The van der Waals surface area contributed by atoms with Gasteiger partial charge in [-0.25, -0.2) is 0 Å². The Morgan fingerprint density at radius 3 is 2.22 bits per heavy atom. The first-order valence-electron chi connectivity index (χ1n) is 3.70. The van der Waals surface area contributed by atoms with E-state index in [1.54, 1.807) is 0 Å². The highest BCUT2D eigenvalue weighted by Gasteiger charge is 2.08. The van der Waals surface area contributed by atoms with E-state index in [-0.39, 0.29) is 0 Å². The Morgan fingerprint density at radius 1 is 1.33 bits per heavy atom. The lowest BCUT2D eigenvalue weighted by Gasteiger charge is -2.16. The van der Waals surface area contributed by atoms with Crippen molar-refractivity contribution in [3.63, 3.8) is 0 Å². The summed E-state index contributed by atoms with van der Waals surface area (Å²) in [6.07, 6.45) is 5.87. The minimum atomic E-state index is 0.398. The number of hydrogen-bond acceptors (Lipinski definition) is 0. The molecule has 0 aromatic carbocycles. The van der Waals surface area contributed by atoms with Gasteiger partial charge in [-0.05, 0) is 18.3 Å². The third-order valence-corrected chi connectivity index (χ3v) is 1.21. The number of rotatable bonds is 3. The maximum atomic E-state index is 3.79. The minimum absolute atomic E-state index is 0.398. The Labute approximate surface area is 59.7 Å². The zero-order chi connectivity index (χ0) is 7.33. The molecule has 0 fully saturated rings. The lowest BCUT2D eigenvalue weighted by Crippen LogP contribution is -2.04. The van der Waals surface area contributed by atoms with Gasteiger partial charge < -0.3 is 0 Å². The Kier molecular flexibility index (Phi) is 3.92. The van der Waals surface area contributed by atoms with Crippen LogP contribution in [0.15, 0.2) is 0 Å². The highest BCUT2D eigenvalue weighted by molar-refractivity contribution is 4.79. The van der Waals surface area contributed by atoms with E-state index < -0.39 is 0 Å². The summed E-state index contributed by atoms with van der Waals surface area (Å²) in [4.78, 5) is 0. The van der Waals surface area contributed by atoms with Gasteiger partial charge in [0, 0.05) is 0 Å². The molecule has 0 rings (SSSR count). The van der Waals surface area contributed by atoms with Crippen LogP contribution in [0, 0.1) is 18.8 Å². The summed E-state index contributed by atoms with van der Waals surface area (Å²) in [6.45, 7) is 10.5. The Balaban J connectivity index is 3.07. The van der Waals surface area contributed by atoms with E-state index in [9.17, 15) is 0 Å². The number of hydrogen-bond donors (Lipinski definition) is 0. The van der Waals surface area contributed by atoms with Gasteiger partial charge in [0.2, 0.25) is 0 Å². The van der Waals surface area contributed by atoms with Crippen molar-refractivity contribution in [3.8, 4) is 0 Å². The molecular weight excluding hydrogens is 108 g/mol. The second kappa shape index (κ2) is 3.92. The Morgan fingerprint density at radius 2 is 1.89 bits per heavy atom. The van der Waals surface area contributed by atoms with Gasteiger partial charge in [0.25, 0.3) is 0 Å². The fraction of sp³-hybridized carbons (Fsp3) is 0.778. The van der Waals surface area contributed by atoms with E-state index in [0.29, 0.717) is 5.41 Å². The summed E-state index contributed by atoms with van der Waals surface area (Å²) in [5.41, 5.74) is 0.398. The highest BCUT2D eigenvalue weighted by atomic mass is 14.1. The first kappa shape index (κ1) is 9.00. The van der Waals surface area contributed by atoms with Crippen LogP contribution in [-0.4, -0.2) is 0 Å². The fourth-order valence-corrected chi connectivity index (χ4v) is 0.679. The van der Waals surface area contributed by atoms with Crippen LogP contribution in [0.25, 0.3) is 0 Å². The third kappa shape index (κ3) is 8.00. The Hall–Kier alpha value is 0. The van der Waals surface area contributed by atoms with Crippen LogP contribution in [-0.2, 0) is 0 Å². The third-order valence-electron chi connectivity index (χ3n) is 1.21. The van der Waals surface area contributed by atoms with E-state index in [1.165, 1.54) is 12.8 Å². The molecule has 0 bridgehead atoms. The van der Waals surface area contributed by atoms with Crippen LogP contribution in [0.5, 0.6) is 0 Å². The van der Waals surface area contributed by atoms with Crippen molar-refractivity contribution in [2.45, 2.75) is 40.0 Å². The van der Waals surface area contributed by atoms with Crippen molar-refractivity contribution in [1.29, 1.82) is 0 Å². The standard InChI is InChI=1S/C9H18/c1-5-6-7-8-9(2,3)4/h8H,1,5-7H2,2-4H3. The van der Waals surface area contributed by atoms with Gasteiger partial charge in [0.15, 0.2) is 0 Å². The summed E-state index contributed by atoms with van der Waals surface area (Å²) < 4.78 is 0. The molecule has 0 spiro atoms. The zero-order valence-electron chi connectivity index (χ0n) is 6.91. The summed E-state index contributed by atoms with van der Waals surface area (Å²) in [6, 6.07) is 0. The SMILES string of the molecule is [CH2]CCC[CH]C(C)(C)C. The molecule has 0 aliphatic heterocycles. The predicted octanol–water partition coefficient (Wildman–Crippen LogP) is 3.24. The maximum Gasteiger partial charge on any atom is -0.0332 e. The molecule has 0 unspecified atom stereocenters. The molecule has 2 radical (unpaired) electrons. The van der Waals surface area contributed by atoms with Crippen LogP contribution < -0.4 is 0 Å². The molecule has 0 N–H and O–H groups in total. The molecule has 54 valence electrons. The van der Waals surface area contributed by atoms with Gasteiger partial charge in [-0.15, -0.1) is 0 Å². The van der Waals surface area contributed by atoms with Crippen molar-refractivity contribution in [3.05, 3.63) is 13.3 Å². The summed E-state index contributed by atoms with van der Waals surface area (Å²) in [5.74, 6) is 0. The normalized spacial score (nSPS) is 12.0. The lowest BCUT2D eigenvalue weighted by molar-refractivity contribution is 0.468. The molecule has 0 heterocycles. The molecule has 0 nitrogen and oxygen atoms in total. The average Bonchev–Trinajstić information content (AvgIpc) is 1.63. The van der Waals surface area contributed by atoms with Gasteiger partial charge >= 0.3 is 0 Å². The van der Waals surface area contributed by atoms with Crippen molar-refractivity contribution >= 4 is 0 Å². The topological polar surface area (TPSA) is 0 Å². The van der Waals surface area contributed by atoms with Gasteiger partial charge in [-0.1, -0.05) is 40.5 Å². The fourth-order valence-electron chi connectivity index (χ4n) is 0.679. The van der Waals surface area contributed by atoms with E-state index in [1.807, 2.05) is 0 Å². The van der Waals surface area contributed by atoms with Crippen LogP contribution in [0.4, 0.5) is 0 Å².